The number of aromatic nitrogens is 5. The van der Waals surface area contributed by atoms with Crippen LogP contribution in [0.15, 0.2) is 54.7 Å². The highest BCUT2D eigenvalue weighted by molar-refractivity contribution is 5.87. The van der Waals surface area contributed by atoms with Crippen molar-refractivity contribution < 1.29 is 17.9 Å². The lowest BCUT2D eigenvalue weighted by atomic mass is 10.1. The monoisotopic (exact) mass is 477 g/mol. The number of rotatable bonds is 5. The number of methoxy groups -OCH3 is 1. The topological polar surface area (TPSA) is 118 Å². The summed E-state index contributed by atoms with van der Waals surface area (Å²) < 4.78 is 49.0. The molecule has 11 heteroatoms. The van der Waals surface area contributed by atoms with E-state index in [2.05, 4.69) is 20.1 Å². The van der Waals surface area contributed by atoms with E-state index in [9.17, 15) is 13.2 Å². The molecule has 0 radical (unpaired) electrons. The Labute approximate surface area is 197 Å². The van der Waals surface area contributed by atoms with Gasteiger partial charge in [-0.1, -0.05) is 18.2 Å². The molecule has 2 aromatic carbocycles. The van der Waals surface area contributed by atoms with Gasteiger partial charge in [0.25, 0.3) is 5.95 Å². The van der Waals surface area contributed by atoms with E-state index in [1.165, 1.54) is 11.8 Å². The molecule has 0 amide bonds. The smallest absolute Gasteiger partial charge is 0.255 e. The number of nitrogen functional groups attached to an aromatic ring is 2. The van der Waals surface area contributed by atoms with Crippen molar-refractivity contribution in [2.24, 2.45) is 0 Å². The van der Waals surface area contributed by atoms with Crippen molar-refractivity contribution in [1.82, 2.24) is 24.7 Å². The van der Waals surface area contributed by atoms with Crippen molar-refractivity contribution in [1.29, 1.82) is 0 Å². The van der Waals surface area contributed by atoms with Crippen LogP contribution in [0.1, 0.15) is 11.3 Å². The first kappa shape index (κ1) is 22.1. The van der Waals surface area contributed by atoms with Crippen LogP contribution in [-0.4, -0.2) is 31.8 Å². The summed E-state index contributed by atoms with van der Waals surface area (Å²) in [4.78, 5) is 12.9. The molecular weight excluding hydrogens is 459 g/mol. The van der Waals surface area contributed by atoms with Crippen molar-refractivity contribution in [3.05, 3.63) is 83.4 Å². The molecule has 35 heavy (non-hydrogen) atoms. The van der Waals surface area contributed by atoms with Crippen LogP contribution in [0.25, 0.3) is 28.0 Å². The molecule has 0 bridgehead atoms. The molecule has 0 spiro atoms. The second-order valence-corrected chi connectivity index (χ2v) is 7.60. The highest BCUT2D eigenvalue weighted by Gasteiger charge is 2.22. The van der Waals surface area contributed by atoms with E-state index < -0.39 is 23.0 Å². The molecule has 4 N–H and O–H groups in total. The van der Waals surface area contributed by atoms with Gasteiger partial charge in [-0.3, -0.25) is 0 Å². The molecule has 176 valence electrons. The number of benzene rings is 2. The zero-order valence-electron chi connectivity index (χ0n) is 18.3. The van der Waals surface area contributed by atoms with Crippen molar-refractivity contribution >= 4 is 22.5 Å². The number of ether oxygens (including phenoxy) is 1. The molecule has 0 saturated carbocycles. The Morgan fingerprint density at radius 2 is 1.63 bits per heavy atom. The number of fused-ring (bicyclic) bond motifs is 1. The van der Waals surface area contributed by atoms with Crippen molar-refractivity contribution in [2.75, 3.05) is 18.6 Å². The van der Waals surface area contributed by atoms with Gasteiger partial charge in [-0.2, -0.15) is 19.7 Å². The molecule has 0 aliphatic rings. The van der Waals surface area contributed by atoms with E-state index in [0.29, 0.717) is 33.6 Å². The van der Waals surface area contributed by atoms with Crippen LogP contribution in [0.4, 0.5) is 24.8 Å². The molecule has 5 rings (SSSR count). The average Bonchev–Trinajstić information content (AvgIpc) is 3.22. The maximum atomic E-state index is 14.3. The Balaban J connectivity index is 1.65. The number of pyridine rings is 1. The number of hydrogen-bond acceptors (Lipinski definition) is 7. The molecule has 0 aliphatic carbocycles. The lowest BCUT2D eigenvalue weighted by Crippen LogP contribution is -2.11. The molecule has 8 nitrogen and oxygen atoms in total. The summed E-state index contributed by atoms with van der Waals surface area (Å²) in [6, 6.07) is 12.0. The van der Waals surface area contributed by atoms with Crippen molar-refractivity contribution in [3.8, 4) is 23.0 Å². The summed E-state index contributed by atoms with van der Waals surface area (Å²) in [5.41, 5.74) is 13.8. The summed E-state index contributed by atoms with van der Waals surface area (Å²) in [5, 5.41) is 5.05. The van der Waals surface area contributed by atoms with Crippen molar-refractivity contribution in [2.45, 2.75) is 6.42 Å². The fourth-order valence-corrected chi connectivity index (χ4v) is 3.91. The Hall–Kier alpha value is -4.67. The fourth-order valence-electron chi connectivity index (χ4n) is 3.91. The van der Waals surface area contributed by atoms with E-state index in [4.69, 9.17) is 16.2 Å². The Bertz CT molecular complexity index is 1560. The largest absolute Gasteiger partial charge is 0.481 e. The van der Waals surface area contributed by atoms with Gasteiger partial charge in [0.1, 0.15) is 17.5 Å². The summed E-state index contributed by atoms with van der Waals surface area (Å²) in [5.74, 6) is -2.81. The third-order valence-corrected chi connectivity index (χ3v) is 5.52. The molecule has 5 aromatic rings. The fraction of sp³-hybridized carbons (Fsp3) is 0.0833. The molecule has 3 heterocycles. The first-order chi connectivity index (χ1) is 16.9. The summed E-state index contributed by atoms with van der Waals surface area (Å²) in [6.45, 7) is 0. The van der Waals surface area contributed by atoms with Gasteiger partial charge in [-0.15, -0.1) is 0 Å². The molecule has 0 fully saturated rings. The Morgan fingerprint density at radius 1 is 0.914 bits per heavy atom. The number of halogens is 3. The van der Waals surface area contributed by atoms with Crippen molar-refractivity contribution in [3.63, 3.8) is 0 Å². The van der Waals surface area contributed by atoms with Crippen LogP contribution in [0.2, 0.25) is 0 Å². The minimum Gasteiger partial charge on any atom is -0.481 e. The maximum Gasteiger partial charge on any atom is 0.255 e. The normalized spacial score (nSPS) is 11.2. The standard InChI is InChI=1S/C24H18F3N7O/c1-35-23-13(6-4-10-30-23)19-21(28)31-24(32-22(19)29)34-18-7-3-2-5-12(18)17(33-34)11-14-15(25)8-9-16(26)20(14)27/h2-10H,11H2,1H3,(H4,28,29,31,32). The summed E-state index contributed by atoms with van der Waals surface area (Å²) in [6.07, 6.45) is 1.27. The van der Waals surface area contributed by atoms with Crippen LogP contribution in [0, 0.1) is 17.5 Å². The highest BCUT2D eigenvalue weighted by Crippen LogP contribution is 2.35. The van der Waals surface area contributed by atoms with Gasteiger partial charge >= 0.3 is 0 Å². The van der Waals surface area contributed by atoms with Gasteiger partial charge in [-0.05, 0) is 30.3 Å². The minimum absolute atomic E-state index is 0.0502. The minimum atomic E-state index is -1.26. The zero-order chi connectivity index (χ0) is 24.7. The van der Waals surface area contributed by atoms with E-state index in [1.807, 2.05) is 0 Å². The van der Waals surface area contributed by atoms with Crippen LogP contribution >= 0.6 is 0 Å². The molecule has 0 aliphatic heterocycles. The first-order valence-electron chi connectivity index (χ1n) is 10.4. The molecule has 3 aromatic heterocycles. The predicted molar refractivity (Wildman–Crippen MR) is 124 cm³/mol. The lowest BCUT2D eigenvalue weighted by molar-refractivity contribution is 0.399. The SMILES string of the molecule is COc1ncccc1-c1c(N)nc(-n2nc(Cc3c(F)ccc(F)c3F)c3ccccc32)nc1N. The third kappa shape index (κ3) is 3.76. The number of hydrogen-bond donors (Lipinski definition) is 2. The number of para-hydroxylation sites is 1. The first-order valence-corrected chi connectivity index (χ1v) is 10.4. The number of anilines is 2. The zero-order valence-corrected chi connectivity index (χ0v) is 18.3. The van der Waals surface area contributed by atoms with Gasteiger partial charge in [0, 0.05) is 23.6 Å². The van der Waals surface area contributed by atoms with Gasteiger partial charge in [-0.25, -0.2) is 18.2 Å². The van der Waals surface area contributed by atoms with E-state index in [1.54, 1.807) is 42.6 Å². The Kier molecular flexibility index (Phi) is 5.44. The molecular formula is C24H18F3N7O. The summed E-state index contributed by atoms with van der Waals surface area (Å²) >= 11 is 0. The van der Waals surface area contributed by atoms with Gasteiger partial charge in [0.05, 0.1) is 29.4 Å². The van der Waals surface area contributed by atoms with E-state index in [0.717, 1.165) is 12.1 Å². The number of nitrogens with zero attached hydrogens (tertiary/aromatic N) is 5. The lowest BCUT2D eigenvalue weighted by Gasteiger charge is -2.12. The average molecular weight is 477 g/mol. The van der Waals surface area contributed by atoms with E-state index in [-0.39, 0.29) is 24.0 Å². The van der Waals surface area contributed by atoms with Gasteiger partial charge in [0.2, 0.25) is 5.88 Å². The second kappa shape index (κ2) is 8.60. The molecule has 0 atom stereocenters. The second-order valence-electron chi connectivity index (χ2n) is 7.60. The van der Waals surface area contributed by atoms with Crippen LogP contribution < -0.4 is 16.2 Å². The van der Waals surface area contributed by atoms with Gasteiger partial charge < -0.3 is 16.2 Å². The van der Waals surface area contributed by atoms with Crippen LogP contribution in [-0.2, 0) is 6.42 Å². The Morgan fingerprint density at radius 3 is 2.37 bits per heavy atom. The predicted octanol–water partition coefficient (Wildman–Crippen LogP) is 4.06. The molecule has 0 saturated heterocycles. The van der Waals surface area contributed by atoms with Gasteiger partial charge in [0.15, 0.2) is 11.6 Å². The maximum absolute atomic E-state index is 14.3. The van der Waals surface area contributed by atoms with Crippen LogP contribution in [0.3, 0.4) is 0 Å². The van der Waals surface area contributed by atoms with E-state index >= 15 is 0 Å². The summed E-state index contributed by atoms with van der Waals surface area (Å²) in [7, 11) is 1.47. The van der Waals surface area contributed by atoms with Crippen LogP contribution in [0.5, 0.6) is 5.88 Å². The quantitative estimate of drug-likeness (QED) is 0.367. The number of nitrogens with two attached hydrogens (primary N) is 2. The highest BCUT2D eigenvalue weighted by atomic mass is 19.2. The molecule has 0 unspecified atom stereocenters. The third-order valence-electron chi connectivity index (χ3n) is 5.52.